The van der Waals surface area contributed by atoms with Crippen LogP contribution in [0.3, 0.4) is 0 Å². The first kappa shape index (κ1) is 42.3. The normalized spacial score (nSPS) is 10.6. The van der Waals surface area contributed by atoms with Gasteiger partial charge in [0, 0.05) is 60.8 Å². The number of nitrogens with zero attached hydrogens (tertiary/aromatic N) is 12. The van der Waals surface area contributed by atoms with Crippen LogP contribution >= 0.6 is 11.6 Å². The number of aryl methyl sites for hydroxylation is 3. The standard InChI is InChI=1S/C20H21N7O3.C15H13ClN4O.C5H9N3O/c1-14-10-20(27(25-14)18-4-3-5-19(24-18)29-2)30-16-6-7-21-17(11-16)23-15-12-22-26(13-15)8-9-28;1-10-4-3-5-14(18-10)20-15(8-11(2)19-20)21-12-6-7-17-13(16)9-12;6-5-3-7-8(4-5)1-2-9/h3-7,10-13,28H,8-9H2,1-2H3,(H,21,23);3-9H,1-2H3;3-4,9H,1-2,6H2. The van der Waals surface area contributed by atoms with Crippen LogP contribution in [0.5, 0.6) is 29.1 Å². The van der Waals surface area contributed by atoms with Gasteiger partial charge in [-0.1, -0.05) is 23.7 Å². The number of pyridine rings is 4. The Bertz CT molecular complexity index is 2610. The average Bonchev–Trinajstić information content (AvgIpc) is 4.03. The van der Waals surface area contributed by atoms with Crippen LogP contribution in [0.25, 0.3) is 11.6 Å². The molecule has 8 aromatic heterocycles. The number of ether oxygens (including phenoxy) is 3. The van der Waals surface area contributed by atoms with Crippen LogP contribution < -0.4 is 25.3 Å². The molecule has 60 heavy (non-hydrogen) atoms. The van der Waals surface area contributed by atoms with Crippen LogP contribution in [0.2, 0.25) is 5.15 Å². The van der Waals surface area contributed by atoms with E-state index in [0.29, 0.717) is 70.5 Å². The molecule has 5 N–H and O–H groups in total. The first-order valence-electron chi connectivity index (χ1n) is 18.4. The van der Waals surface area contributed by atoms with Crippen LogP contribution in [0.15, 0.2) is 110 Å². The third-order valence-corrected chi connectivity index (χ3v) is 8.12. The van der Waals surface area contributed by atoms with Crippen LogP contribution in [0.4, 0.5) is 17.2 Å². The third-order valence-electron chi connectivity index (χ3n) is 7.91. The molecule has 19 nitrogen and oxygen atoms in total. The summed E-state index contributed by atoms with van der Waals surface area (Å²) in [5.74, 6) is 4.65. The van der Waals surface area contributed by atoms with E-state index in [2.05, 4.69) is 45.6 Å². The molecule has 0 atom stereocenters. The molecule has 0 bridgehead atoms. The minimum Gasteiger partial charge on any atom is -0.481 e. The van der Waals surface area contributed by atoms with Crippen LogP contribution in [0, 0.1) is 20.8 Å². The van der Waals surface area contributed by atoms with Crippen LogP contribution in [-0.4, -0.2) is 89.6 Å². The number of aromatic nitrogens is 12. The summed E-state index contributed by atoms with van der Waals surface area (Å²) in [7, 11) is 1.57. The quantitative estimate of drug-likeness (QED) is 0.0994. The second-order valence-corrected chi connectivity index (χ2v) is 13.1. The fourth-order valence-corrected chi connectivity index (χ4v) is 5.51. The Balaban J connectivity index is 0.000000173. The van der Waals surface area contributed by atoms with E-state index >= 15 is 0 Å². The highest BCUT2D eigenvalue weighted by molar-refractivity contribution is 6.29. The van der Waals surface area contributed by atoms with E-state index in [9.17, 15) is 0 Å². The molecule has 0 fully saturated rings. The molecule has 0 aliphatic carbocycles. The maximum absolute atomic E-state index is 9.00. The smallest absolute Gasteiger partial charge is 0.224 e. The number of hydrogen-bond donors (Lipinski definition) is 4. The molecule has 0 spiro atoms. The number of halogens is 1. The monoisotopic (exact) mass is 834 g/mol. The molecule has 0 radical (unpaired) electrons. The topological polar surface area (TPSA) is 229 Å². The molecule has 20 heteroatoms. The number of anilines is 3. The number of nitrogens with one attached hydrogen (secondary N) is 1. The van der Waals surface area contributed by atoms with Crippen molar-refractivity contribution in [1.82, 2.24) is 59.1 Å². The van der Waals surface area contributed by atoms with E-state index in [-0.39, 0.29) is 13.2 Å². The van der Waals surface area contributed by atoms with Crippen molar-refractivity contribution in [3.8, 4) is 40.8 Å². The number of nitrogen functional groups attached to an aromatic ring is 1. The Morgan fingerprint density at radius 1 is 0.700 bits per heavy atom. The second kappa shape index (κ2) is 20.4. The lowest BCUT2D eigenvalue weighted by Crippen LogP contribution is -2.03. The Labute approximate surface area is 349 Å². The molecule has 0 aliphatic rings. The van der Waals surface area contributed by atoms with Crippen molar-refractivity contribution >= 4 is 28.8 Å². The highest BCUT2D eigenvalue weighted by Gasteiger charge is 2.14. The zero-order valence-corrected chi connectivity index (χ0v) is 33.9. The minimum atomic E-state index is 0.0257. The first-order valence-corrected chi connectivity index (χ1v) is 18.8. The van der Waals surface area contributed by atoms with Gasteiger partial charge in [-0.2, -0.15) is 34.7 Å². The van der Waals surface area contributed by atoms with E-state index in [1.165, 1.54) is 0 Å². The van der Waals surface area contributed by atoms with Crippen molar-refractivity contribution < 1.29 is 24.4 Å². The number of nitrogens with two attached hydrogens (primary N) is 1. The summed E-state index contributed by atoms with van der Waals surface area (Å²) < 4.78 is 23.6. The van der Waals surface area contributed by atoms with Gasteiger partial charge in [-0.05, 0) is 51.1 Å². The lowest BCUT2D eigenvalue weighted by molar-refractivity contribution is 0.269. The third kappa shape index (κ3) is 11.8. The molecule has 0 amide bonds. The van der Waals surface area contributed by atoms with Crippen LogP contribution in [0.1, 0.15) is 17.1 Å². The summed E-state index contributed by atoms with van der Waals surface area (Å²) in [5.41, 5.74) is 9.28. The first-order chi connectivity index (χ1) is 29.1. The van der Waals surface area contributed by atoms with Crippen molar-refractivity contribution in [2.45, 2.75) is 33.9 Å². The van der Waals surface area contributed by atoms with Gasteiger partial charge in [-0.15, -0.1) is 0 Å². The Morgan fingerprint density at radius 2 is 1.30 bits per heavy atom. The van der Waals surface area contributed by atoms with E-state index in [4.69, 9.17) is 41.8 Å². The summed E-state index contributed by atoms with van der Waals surface area (Å²) in [6, 6.07) is 21.8. The SMILES string of the molecule is COc1cccc(-n2nc(C)cc2Oc2ccnc(Nc3cnn(CCO)c3)c2)n1.Cc1cccc(-n2nc(C)cc2Oc2ccnc(Cl)c2)n1.Nc1cnn(CCO)c1. The Morgan fingerprint density at radius 3 is 1.90 bits per heavy atom. The van der Waals surface area contributed by atoms with E-state index in [0.717, 1.165) is 22.8 Å². The number of aliphatic hydroxyl groups is 2. The molecule has 0 unspecified atom stereocenters. The van der Waals surface area contributed by atoms with Crippen molar-refractivity contribution in [3.05, 3.63) is 132 Å². The average molecular weight is 835 g/mol. The highest BCUT2D eigenvalue weighted by Crippen LogP contribution is 2.28. The summed E-state index contributed by atoms with van der Waals surface area (Å²) in [4.78, 5) is 17.1. The molecule has 8 rings (SSSR count). The zero-order valence-electron chi connectivity index (χ0n) is 33.2. The molecule has 0 aliphatic heterocycles. The maximum Gasteiger partial charge on any atom is 0.224 e. The summed E-state index contributed by atoms with van der Waals surface area (Å²) in [6.07, 6.45) is 9.92. The largest absolute Gasteiger partial charge is 0.481 e. The van der Waals surface area contributed by atoms with Gasteiger partial charge in [0.1, 0.15) is 22.5 Å². The summed E-state index contributed by atoms with van der Waals surface area (Å²) in [6.45, 7) is 6.78. The maximum atomic E-state index is 9.00. The van der Waals surface area contributed by atoms with Gasteiger partial charge in [0.2, 0.25) is 17.6 Å². The minimum absolute atomic E-state index is 0.0257. The molecular formula is C40H43ClN14O5. The molecule has 8 heterocycles. The van der Waals surface area contributed by atoms with Gasteiger partial charge >= 0.3 is 0 Å². The number of hydrogen-bond acceptors (Lipinski definition) is 15. The lowest BCUT2D eigenvalue weighted by atomic mass is 10.4. The van der Waals surface area contributed by atoms with Crippen molar-refractivity contribution in [3.63, 3.8) is 0 Å². The molecule has 310 valence electrons. The van der Waals surface area contributed by atoms with E-state index in [1.54, 1.807) is 93.3 Å². The Hall–Kier alpha value is -7.35. The highest BCUT2D eigenvalue weighted by atomic mass is 35.5. The summed E-state index contributed by atoms with van der Waals surface area (Å²) in [5, 5.41) is 37.9. The number of aliphatic hydroxyl groups excluding tert-OH is 2. The Kier molecular flexibility index (Phi) is 14.3. The molecular weight excluding hydrogens is 792 g/mol. The molecule has 0 aromatic carbocycles. The van der Waals surface area contributed by atoms with Gasteiger partial charge in [0.15, 0.2) is 11.6 Å². The lowest BCUT2D eigenvalue weighted by Gasteiger charge is -2.10. The fourth-order valence-electron chi connectivity index (χ4n) is 5.35. The molecule has 0 saturated heterocycles. The van der Waals surface area contributed by atoms with Gasteiger partial charge in [-0.3, -0.25) is 9.36 Å². The molecule has 0 saturated carbocycles. The van der Waals surface area contributed by atoms with Crippen molar-refractivity contribution in [1.29, 1.82) is 0 Å². The van der Waals surface area contributed by atoms with Crippen LogP contribution in [-0.2, 0) is 13.1 Å². The van der Waals surface area contributed by atoms with Gasteiger partial charge < -0.3 is 35.5 Å². The second-order valence-electron chi connectivity index (χ2n) is 12.7. The predicted molar refractivity (Wildman–Crippen MR) is 223 cm³/mol. The zero-order chi connectivity index (χ0) is 42.4. The fraction of sp³-hybridized carbons (Fsp3) is 0.200. The van der Waals surface area contributed by atoms with Gasteiger partial charge in [0.25, 0.3) is 0 Å². The van der Waals surface area contributed by atoms with E-state index < -0.39 is 0 Å². The van der Waals surface area contributed by atoms with Gasteiger partial charge in [-0.25, -0.2) is 15.0 Å². The van der Waals surface area contributed by atoms with E-state index in [1.807, 2.05) is 63.2 Å². The summed E-state index contributed by atoms with van der Waals surface area (Å²) >= 11 is 5.87. The van der Waals surface area contributed by atoms with Crippen molar-refractivity contribution in [2.24, 2.45) is 0 Å². The predicted octanol–water partition coefficient (Wildman–Crippen LogP) is 5.89. The van der Waals surface area contributed by atoms with Gasteiger partial charge in [0.05, 0.1) is 68.6 Å². The number of methoxy groups -OCH3 is 1. The number of rotatable bonds is 13. The molecule has 8 aromatic rings. The van der Waals surface area contributed by atoms with Crippen molar-refractivity contribution in [2.75, 3.05) is 31.4 Å².